The van der Waals surface area contributed by atoms with Gasteiger partial charge in [-0.05, 0) is 104 Å². The van der Waals surface area contributed by atoms with E-state index >= 15 is 0 Å². The number of esters is 2. The highest BCUT2D eigenvalue weighted by atomic mass is 16.6. The highest BCUT2D eigenvalue weighted by molar-refractivity contribution is 5.90. The highest BCUT2D eigenvalue weighted by Crippen LogP contribution is 2.76. The van der Waals surface area contributed by atoms with E-state index in [1.807, 2.05) is 0 Å². The summed E-state index contributed by atoms with van der Waals surface area (Å²) in [5.74, 6) is 1.45. The second kappa shape index (κ2) is 11.3. The SMILES string of the molecule is COC(=O)[C@]12CCC(C)(C)C[C@H]1[C@H]1/C(=N/OCCc3nn[nH]n3)C[C@@H]3[C@@]4(C)CC[C@H](OC(C)=O)C(C)(C)[C@@H]4CC[C@@]3(C)[C@]1(C)CC2. The molecule has 9 atom stereocenters. The number of rotatable bonds is 6. The van der Waals surface area contributed by atoms with Crippen molar-refractivity contribution in [1.82, 2.24) is 20.6 Å². The van der Waals surface area contributed by atoms with E-state index in [-0.39, 0.29) is 57.0 Å². The van der Waals surface area contributed by atoms with Crippen LogP contribution >= 0.6 is 0 Å². The molecule has 0 aliphatic heterocycles. The molecule has 0 amide bonds. The Hall–Kier alpha value is -2.52. The van der Waals surface area contributed by atoms with Crippen molar-refractivity contribution in [1.29, 1.82) is 0 Å². The van der Waals surface area contributed by atoms with Gasteiger partial charge >= 0.3 is 11.9 Å². The first-order chi connectivity index (χ1) is 21.5. The number of aromatic nitrogens is 4. The average molecular weight is 640 g/mol. The molecule has 5 aliphatic carbocycles. The third-order valence-corrected chi connectivity index (χ3v) is 14.9. The van der Waals surface area contributed by atoms with Gasteiger partial charge in [0.25, 0.3) is 0 Å². The number of fused-ring (bicyclic) bond motifs is 7. The van der Waals surface area contributed by atoms with Gasteiger partial charge in [0.15, 0.2) is 5.82 Å². The topological polar surface area (TPSA) is 129 Å². The Bertz CT molecular complexity index is 1360. The van der Waals surface area contributed by atoms with Gasteiger partial charge in [-0.15, -0.1) is 10.2 Å². The van der Waals surface area contributed by atoms with E-state index in [1.54, 1.807) is 7.11 Å². The molecule has 0 aromatic carbocycles. The minimum absolute atomic E-state index is 0.0408. The molecule has 5 saturated carbocycles. The molecule has 46 heavy (non-hydrogen) atoms. The average Bonchev–Trinajstić information content (AvgIpc) is 3.50. The lowest BCUT2D eigenvalue weighted by atomic mass is 9.31. The number of carbonyl (C=O) groups excluding carboxylic acids is 2. The number of ether oxygens (including phenoxy) is 2. The van der Waals surface area contributed by atoms with E-state index in [1.165, 1.54) is 6.92 Å². The molecule has 256 valence electrons. The lowest BCUT2D eigenvalue weighted by Crippen LogP contribution is -2.70. The second-order valence-corrected chi connectivity index (χ2v) is 17.7. The van der Waals surface area contributed by atoms with E-state index in [9.17, 15) is 9.59 Å². The summed E-state index contributed by atoms with van der Waals surface area (Å²) in [7, 11) is 1.56. The standard InChI is InChI=1S/C36H57N5O5/c1-22(42)46-27-11-13-33(6)25(32(27,4)5)10-14-34(7)26(33)20-24(39-45-19-12-28-37-40-41-38-28)29-23-21-31(2,3)15-17-36(23,30(43)44-9)18-16-35(29,34)8/h23,25-27,29H,10-21H2,1-9H3,(H,37,38,40,41)/b39-24+/t23-,25-,26+,27-,29-,33-,34+,35+,36-/m0/s1. The molecule has 0 bridgehead atoms. The van der Waals surface area contributed by atoms with E-state index in [0.29, 0.717) is 30.7 Å². The number of nitrogens with zero attached hydrogens (tertiary/aromatic N) is 4. The van der Waals surface area contributed by atoms with Gasteiger partial charge in [-0.2, -0.15) is 5.21 Å². The van der Waals surface area contributed by atoms with Crippen molar-refractivity contribution in [2.75, 3.05) is 13.7 Å². The maximum Gasteiger partial charge on any atom is 0.312 e. The third-order valence-electron chi connectivity index (χ3n) is 14.9. The molecular formula is C36H57N5O5. The molecule has 0 saturated heterocycles. The fraction of sp³-hybridized carbons (Fsp3) is 0.889. The quantitative estimate of drug-likeness (QED) is 0.207. The van der Waals surface area contributed by atoms with E-state index in [0.717, 1.165) is 69.9 Å². The summed E-state index contributed by atoms with van der Waals surface area (Å²) in [5.41, 5.74) is 0.675. The molecule has 1 heterocycles. The van der Waals surface area contributed by atoms with Gasteiger partial charge in [-0.3, -0.25) is 9.59 Å². The third kappa shape index (κ3) is 4.92. The number of H-pyrrole nitrogens is 1. The summed E-state index contributed by atoms with van der Waals surface area (Å²) in [6.07, 6.45) is 10.1. The van der Waals surface area contributed by atoms with E-state index < -0.39 is 5.41 Å². The molecule has 5 fully saturated rings. The van der Waals surface area contributed by atoms with Gasteiger partial charge in [0.05, 0.1) is 18.2 Å². The number of nitrogens with one attached hydrogen (secondary N) is 1. The molecule has 6 rings (SSSR count). The molecule has 1 aromatic heterocycles. The molecule has 1 aromatic rings. The van der Waals surface area contributed by atoms with Gasteiger partial charge in [0.2, 0.25) is 0 Å². The van der Waals surface area contributed by atoms with Crippen molar-refractivity contribution in [2.24, 2.45) is 61.3 Å². The monoisotopic (exact) mass is 639 g/mol. The Kier molecular flexibility index (Phi) is 8.19. The number of aromatic amines is 1. The lowest BCUT2D eigenvalue weighted by molar-refractivity contribution is -0.235. The summed E-state index contributed by atoms with van der Waals surface area (Å²) in [5, 5.41) is 19.4. The molecular weight excluding hydrogens is 582 g/mol. The van der Waals surface area contributed by atoms with Crippen LogP contribution in [-0.4, -0.2) is 58.1 Å². The van der Waals surface area contributed by atoms with Crippen molar-refractivity contribution in [2.45, 2.75) is 132 Å². The number of tetrazole rings is 1. The van der Waals surface area contributed by atoms with Crippen molar-refractivity contribution < 1.29 is 23.9 Å². The number of oxime groups is 1. The van der Waals surface area contributed by atoms with Crippen LogP contribution in [0.3, 0.4) is 0 Å². The van der Waals surface area contributed by atoms with Gasteiger partial charge in [0, 0.05) is 24.7 Å². The lowest BCUT2D eigenvalue weighted by Gasteiger charge is -2.73. The molecule has 10 nitrogen and oxygen atoms in total. The first-order valence-electron chi connectivity index (χ1n) is 17.7. The number of hydrogen-bond donors (Lipinski definition) is 1. The normalized spacial score (nSPS) is 43.3. The summed E-state index contributed by atoms with van der Waals surface area (Å²) in [6, 6.07) is 0. The van der Waals surface area contributed by atoms with Crippen LogP contribution in [0.25, 0.3) is 0 Å². The van der Waals surface area contributed by atoms with Crippen LogP contribution < -0.4 is 0 Å². The predicted molar refractivity (Wildman–Crippen MR) is 173 cm³/mol. The summed E-state index contributed by atoms with van der Waals surface area (Å²) in [4.78, 5) is 32.1. The minimum atomic E-state index is -0.492. The second-order valence-electron chi connectivity index (χ2n) is 17.7. The van der Waals surface area contributed by atoms with Gasteiger partial charge in [0.1, 0.15) is 12.7 Å². The maximum absolute atomic E-state index is 13.8. The molecule has 0 radical (unpaired) electrons. The molecule has 5 aliphatic rings. The van der Waals surface area contributed by atoms with E-state index in [4.69, 9.17) is 19.5 Å². The van der Waals surface area contributed by atoms with Crippen LogP contribution in [-0.2, 0) is 30.3 Å². The maximum atomic E-state index is 13.8. The van der Waals surface area contributed by atoms with Crippen LogP contribution in [0.1, 0.15) is 125 Å². The zero-order chi connectivity index (χ0) is 33.3. The number of methoxy groups -OCH3 is 1. The number of carbonyl (C=O) groups is 2. The zero-order valence-electron chi connectivity index (χ0n) is 29.7. The van der Waals surface area contributed by atoms with Crippen molar-refractivity contribution in [3.63, 3.8) is 0 Å². The van der Waals surface area contributed by atoms with Gasteiger partial charge in [-0.25, -0.2) is 0 Å². The van der Waals surface area contributed by atoms with Crippen LogP contribution in [0.15, 0.2) is 5.16 Å². The number of hydrogen-bond acceptors (Lipinski definition) is 9. The Labute approximate surface area is 274 Å². The molecule has 1 N–H and O–H groups in total. The van der Waals surface area contributed by atoms with E-state index in [2.05, 4.69) is 69.1 Å². The Morgan fingerprint density at radius 3 is 2.35 bits per heavy atom. The summed E-state index contributed by atoms with van der Waals surface area (Å²) >= 11 is 0. The fourth-order valence-corrected chi connectivity index (χ4v) is 12.3. The van der Waals surface area contributed by atoms with Crippen LogP contribution in [0.2, 0.25) is 0 Å². The van der Waals surface area contributed by atoms with Gasteiger partial charge < -0.3 is 14.3 Å². The Morgan fingerprint density at radius 2 is 1.67 bits per heavy atom. The summed E-state index contributed by atoms with van der Waals surface area (Å²) < 4.78 is 11.6. The van der Waals surface area contributed by atoms with Crippen molar-refractivity contribution in [3.05, 3.63) is 5.82 Å². The fourth-order valence-electron chi connectivity index (χ4n) is 12.3. The first-order valence-corrected chi connectivity index (χ1v) is 17.7. The van der Waals surface area contributed by atoms with Crippen LogP contribution in [0.5, 0.6) is 0 Å². The Balaban J connectivity index is 1.43. The van der Waals surface area contributed by atoms with Crippen LogP contribution in [0.4, 0.5) is 0 Å². The smallest absolute Gasteiger partial charge is 0.312 e. The zero-order valence-corrected chi connectivity index (χ0v) is 29.7. The predicted octanol–water partition coefficient (Wildman–Crippen LogP) is 6.71. The molecule has 0 spiro atoms. The van der Waals surface area contributed by atoms with Crippen molar-refractivity contribution in [3.8, 4) is 0 Å². The first kappa shape index (κ1) is 33.4. The molecule has 10 heteroatoms. The van der Waals surface area contributed by atoms with Gasteiger partial charge in [-0.1, -0.05) is 58.8 Å². The molecule has 0 unspecified atom stereocenters. The minimum Gasteiger partial charge on any atom is -0.469 e. The Morgan fingerprint density at radius 1 is 0.935 bits per heavy atom. The largest absolute Gasteiger partial charge is 0.469 e. The summed E-state index contributed by atoms with van der Waals surface area (Å²) in [6.45, 7) is 18.9. The highest BCUT2D eigenvalue weighted by Gasteiger charge is 2.73. The van der Waals surface area contributed by atoms with Crippen LogP contribution in [0, 0.1) is 56.2 Å². The van der Waals surface area contributed by atoms with Crippen molar-refractivity contribution >= 4 is 17.7 Å².